The zero-order valence-corrected chi connectivity index (χ0v) is 15.7. The fraction of sp³-hybridized carbons (Fsp3) is 0.500. The first-order valence-electron chi connectivity index (χ1n) is 8.71. The van der Waals surface area contributed by atoms with Crippen LogP contribution in [-0.2, 0) is 4.79 Å². The molecule has 0 saturated heterocycles. The third kappa shape index (κ3) is 4.87. The van der Waals surface area contributed by atoms with Crippen molar-refractivity contribution in [2.75, 3.05) is 17.6 Å². The van der Waals surface area contributed by atoms with Gasteiger partial charge in [0.1, 0.15) is 5.52 Å². The van der Waals surface area contributed by atoms with E-state index in [1.807, 2.05) is 6.92 Å². The van der Waals surface area contributed by atoms with Gasteiger partial charge < -0.3 is 16.4 Å². The molecule has 4 N–H and O–H groups in total. The monoisotopic (exact) mass is 358 g/mol. The summed E-state index contributed by atoms with van der Waals surface area (Å²) in [5.41, 5.74) is 6.93. The summed E-state index contributed by atoms with van der Waals surface area (Å²) in [5.74, 6) is 0.404. The van der Waals surface area contributed by atoms with Crippen LogP contribution in [0.4, 0.5) is 11.8 Å². The van der Waals surface area contributed by atoms with Crippen LogP contribution in [0.25, 0.3) is 11.0 Å². The van der Waals surface area contributed by atoms with Crippen molar-refractivity contribution in [1.29, 1.82) is 0 Å². The van der Waals surface area contributed by atoms with Crippen LogP contribution in [-0.4, -0.2) is 38.7 Å². The number of carbonyl (C=O) groups is 2. The Morgan fingerprint density at radius 3 is 2.62 bits per heavy atom. The first-order valence-corrected chi connectivity index (χ1v) is 8.71. The molecule has 0 aromatic carbocycles. The molecule has 0 fully saturated rings. The minimum Gasteiger partial charge on any atom is -0.368 e. The number of hydrogen-bond acceptors (Lipinski definition) is 7. The van der Waals surface area contributed by atoms with Gasteiger partial charge >= 0.3 is 0 Å². The second-order valence-electron chi connectivity index (χ2n) is 6.78. The number of Topliss-reactive ketones (excluding diaryl/α,β-unsaturated/α-hetero) is 1. The number of aromatic nitrogens is 3. The Morgan fingerprint density at radius 1 is 1.27 bits per heavy atom. The number of nitrogens with one attached hydrogen (secondary N) is 2. The van der Waals surface area contributed by atoms with Gasteiger partial charge in [-0.1, -0.05) is 19.8 Å². The average molecular weight is 358 g/mol. The first-order chi connectivity index (χ1) is 12.2. The molecule has 0 aliphatic heterocycles. The van der Waals surface area contributed by atoms with E-state index in [2.05, 4.69) is 32.5 Å². The molecule has 2 aromatic rings. The van der Waals surface area contributed by atoms with Gasteiger partial charge in [-0.15, -0.1) is 0 Å². The highest BCUT2D eigenvalue weighted by molar-refractivity contribution is 5.98. The van der Waals surface area contributed by atoms with E-state index in [-0.39, 0.29) is 17.6 Å². The van der Waals surface area contributed by atoms with Gasteiger partial charge in [0.25, 0.3) is 0 Å². The maximum Gasteiger partial charge on any atom is 0.222 e. The lowest BCUT2D eigenvalue weighted by atomic mass is 9.94. The number of nitrogen functional groups attached to an aromatic ring is 1. The van der Waals surface area contributed by atoms with Crippen molar-refractivity contribution < 1.29 is 9.59 Å². The molecular weight excluding hydrogens is 332 g/mol. The molecule has 2 heterocycles. The third-order valence-electron chi connectivity index (χ3n) is 4.19. The van der Waals surface area contributed by atoms with E-state index in [0.717, 1.165) is 19.3 Å². The van der Waals surface area contributed by atoms with Crippen molar-refractivity contribution in [2.24, 2.45) is 0 Å². The highest BCUT2D eigenvalue weighted by Gasteiger charge is 2.26. The van der Waals surface area contributed by atoms with Crippen molar-refractivity contribution in [3.63, 3.8) is 0 Å². The summed E-state index contributed by atoms with van der Waals surface area (Å²) in [6.45, 7) is 7.54. The smallest absolute Gasteiger partial charge is 0.222 e. The van der Waals surface area contributed by atoms with Crippen molar-refractivity contribution in [3.8, 4) is 0 Å². The number of amides is 1. The molecule has 0 radical (unpaired) electrons. The zero-order valence-electron chi connectivity index (χ0n) is 15.7. The van der Waals surface area contributed by atoms with Crippen LogP contribution in [0, 0.1) is 0 Å². The normalized spacial score (nSPS) is 13.2. The van der Waals surface area contributed by atoms with Crippen molar-refractivity contribution in [3.05, 3.63) is 17.8 Å². The standard InChI is InChI=1S/C18H26N6O2/c1-5-6-7-18(4,10-21-12(3)26)24-16-15-14(22-17(19)23-16)8-13(9-20-15)11(2)25/h8-9H,5-7,10H2,1-4H3,(H,21,26)(H3,19,22,23,24)/t18-/m1/s1. The van der Waals surface area contributed by atoms with E-state index in [1.165, 1.54) is 20.0 Å². The van der Waals surface area contributed by atoms with Gasteiger partial charge in [0.2, 0.25) is 11.9 Å². The quantitative estimate of drug-likeness (QED) is 0.619. The minimum atomic E-state index is -0.420. The molecule has 2 aromatic heterocycles. The van der Waals surface area contributed by atoms with Gasteiger partial charge in [0.15, 0.2) is 11.6 Å². The Kier molecular flexibility index (Phi) is 6.07. The SMILES string of the molecule is CCCC[C@](C)(CNC(C)=O)Nc1nc(N)nc2cc(C(C)=O)cnc12. The molecule has 1 atom stereocenters. The lowest BCUT2D eigenvalue weighted by Crippen LogP contribution is -2.46. The summed E-state index contributed by atoms with van der Waals surface area (Å²) in [6, 6.07) is 1.66. The fourth-order valence-corrected chi connectivity index (χ4v) is 2.68. The molecule has 0 aliphatic carbocycles. The van der Waals surface area contributed by atoms with Crippen LogP contribution < -0.4 is 16.4 Å². The van der Waals surface area contributed by atoms with Crippen molar-refractivity contribution in [1.82, 2.24) is 20.3 Å². The van der Waals surface area contributed by atoms with E-state index in [9.17, 15) is 9.59 Å². The summed E-state index contributed by atoms with van der Waals surface area (Å²) in [6.07, 6.45) is 4.36. The number of fused-ring (bicyclic) bond motifs is 1. The Labute approximate surface area is 153 Å². The Hall–Kier alpha value is -2.77. The molecule has 8 nitrogen and oxygen atoms in total. The number of unbranched alkanes of at least 4 members (excludes halogenated alkanes) is 1. The molecule has 0 bridgehead atoms. The van der Waals surface area contributed by atoms with Crippen LogP contribution in [0.5, 0.6) is 0 Å². The molecule has 0 spiro atoms. The van der Waals surface area contributed by atoms with E-state index in [0.29, 0.717) is 29.0 Å². The minimum absolute atomic E-state index is 0.0918. The number of carbonyl (C=O) groups excluding carboxylic acids is 2. The Balaban J connectivity index is 2.42. The lowest BCUT2D eigenvalue weighted by Gasteiger charge is -2.32. The maximum atomic E-state index is 11.6. The van der Waals surface area contributed by atoms with Gasteiger partial charge in [0.05, 0.1) is 11.1 Å². The molecule has 140 valence electrons. The molecule has 0 unspecified atom stereocenters. The van der Waals surface area contributed by atoms with Gasteiger partial charge in [-0.3, -0.25) is 9.59 Å². The number of hydrogen-bond donors (Lipinski definition) is 3. The molecule has 0 saturated carbocycles. The van der Waals surface area contributed by atoms with E-state index < -0.39 is 5.54 Å². The third-order valence-corrected chi connectivity index (χ3v) is 4.19. The fourth-order valence-electron chi connectivity index (χ4n) is 2.68. The highest BCUT2D eigenvalue weighted by atomic mass is 16.1. The summed E-state index contributed by atoms with van der Waals surface area (Å²) >= 11 is 0. The summed E-state index contributed by atoms with van der Waals surface area (Å²) in [7, 11) is 0. The molecule has 2 rings (SSSR count). The number of rotatable bonds is 8. The van der Waals surface area contributed by atoms with Crippen LogP contribution >= 0.6 is 0 Å². The summed E-state index contributed by atoms with van der Waals surface area (Å²) in [4.78, 5) is 35.8. The average Bonchev–Trinajstić information content (AvgIpc) is 2.57. The maximum absolute atomic E-state index is 11.6. The molecule has 0 aliphatic rings. The molecule has 26 heavy (non-hydrogen) atoms. The largest absolute Gasteiger partial charge is 0.368 e. The second kappa shape index (κ2) is 8.07. The van der Waals surface area contributed by atoms with E-state index in [4.69, 9.17) is 5.73 Å². The van der Waals surface area contributed by atoms with Gasteiger partial charge in [-0.25, -0.2) is 9.97 Å². The Morgan fingerprint density at radius 2 is 2.00 bits per heavy atom. The number of anilines is 2. The van der Waals surface area contributed by atoms with Crippen LogP contribution in [0.15, 0.2) is 12.3 Å². The molecule has 1 amide bonds. The lowest BCUT2D eigenvalue weighted by molar-refractivity contribution is -0.119. The van der Waals surface area contributed by atoms with Gasteiger partial charge in [-0.2, -0.15) is 4.98 Å². The van der Waals surface area contributed by atoms with Crippen LogP contribution in [0.3, 0.4) is 0 Å². The van der Waals surface area contributed by atoms with Crippen LogP contribution in [0.1, 0.15) is 57.3 Å². The molecule has 8 heteroatoms. The van der Waals surface area contributed by atoms with E-state index in [1.54, 1.807) is 6.07 Å². The highest BCUT2D eigenvalue weighted by Crippen LogP contribution is 2.25. The van der Waals surface area contributed by atoms with Gasteiger partial charge in [0, 0.05) is 25.2 Å². The van der Waals surface area contributed by atoms with Gasteiger partial charge in [-0.05, 0) is 26.3 Å². The topological polar surface area (TPSA) is 123 Å². The van der Waals surface area contributed by atoms with Crippen LogP contribution in [0.2, 0.25) is 0 Å². The summed E-state index contributed by atoms with van der Waals surface area (Å²) < 4.78 is 0. The summed E-state index contributed by atoms with van der Waals surface area (Å²) in [5, 5.41) is 6.25. The first kappa shape index (κ1) is 19.6. The second-order valence-corrected chi connectivity index (χ2v) is 6.78. The zero-order chi connectivity index (χ0) is 19.3. The Bertz CT molecular complexity index is 823. The molecular formula is C18H26N6O2. The predicted molar refractivity (Wildman–Crippen MR) is 102 cm³/mol. The van der Waals surface area contributed by atoms with E-state index >= 15 is 0 Å². The number of ketones is 1. The van der Waals surface area contributed by atoms with Crippen molar-refractivity contribution >= 4 is 34.5 Å². The number of pyridine rings is 1. The number of nitrogens with two attached hydrogens (primary N) is 1. The predicted octanol–water partition coefficient (Wildman–Crippen LogP) is 2.31. The van der Waals surface area contributed by atoms with Crippen molar-refractivity contribution in [2.45, 2.75) is 52.5 Å². The number of nitrogens with zero attached hydrogens (tertiary/aromatic N) is 3.